The van der Waals surface area contributed by atoms with E-state index in [0.717, 1.165) is 44.7 Å². The number of nitrogens with one attached hydrogen (secondary N) is 2. The number of piperidine rings is 1. The van der Waals surface area contributed by atoms with Gasteiger partial charge in [-0.1, -0.05) is 18.5 Å². The number of carbonyl (C=O) groups is 1. The zero-order valence-corrected chi connectivity index (χ0v) is 17.2. The summed E-state index contributed by atoms with van der Waals surface area (Å²) in [6, 6.07) is 4.22. The van der Waals surface area contributed by atoms with Gasteiger partial charge < -0.3 is 20.1 Å². The molecule has 2 N–H and O–H groups in total. The molecular weight excluding hydrogens is 383 g/mol. The fourth-order valence-electron chi connectivity index (χ4n) is 4.13. The first-order valence-electron chi connectivity index (χ1n) is 10.1. The molecule has 1 saturated carbocycles. The Kier molecular flexibility index (Phi) is 7.69. The van der Waals surface area contributed by atoms with Gasteiger partial charge in [-0.15, -0.1) is 0 Å². The molecular formula is C21H30ClFN2O3. The lowest BCUT2D eigenvalue weighted by molar-refractivity contribution is -0.121. The zero-order valence-electron chi connectivity index (χ0n) is 16.4. The van der Waals surface area contributed by atoms with E-state index in [1.165, 1.54) is 12.1 Å². The molecule has 156 valence electrons. The summed E-state index contributed by atoms with van der Waals surface area (Å²) < 4.78 is 23.7. The lowest BCUT2D eigenvalue weighted by atomic mass is 9.69. The highest BCUT2D eigenvalue weighted by molar-refractivity contribution is 6.32. The maximum absolute atomic E-state index is 12.8. The van der Waals surface area contributed by atoms with Crippen molar-refractivity contribution in [3.05, 3.63) is 29.0 Å². The maximum Gasteiger partial charge on any atom is 0.172 e. The lowest BCUT2D eigenvalue weighted by Gasteiger charge is -2.45. The van der Waals surface area contributed by atoms with E-state index in [-0.39, 0.29) is 17.1 Å². The van der Waals surface area contributed by atoms with Crippen LogP contribution in [0.3, 0.4) is 0 Å². The highest BCUT2D eigenvalue weighted by Crippen LogP contribution is 2.38. The molecule has 28 heavy (non-hydrogen) atoms. The molecule has 0 aromatic heterocycles. The molecule has 0 amide bonds. The summed E-state index contributed by atoms with van der Waals surface area (Å²) in [4.78, 5) is 11.0. The Morgan fingerprint density at radius 3 is 2.75 bits per heavy atom. The second-order valence-corrected chi connectivity index (χ2v) is 8.67. The Labute approximate surface area is 171 Å². The van der Waals surface area contributed by atoms with E-state index < -0.39 is 0 Å². The van der Waals surface area contributed by atoms with Crippen LogP contribution in [0.5, 0.6) is 5.75 Å². The number of ketones is 1. The average Bonchev–Trinajstić information content (AvgIpc) is 2.84. The number of hydrogen-bond acceptors (Lipinski definition) is 5. The van der Waals surface area contributed by atoms with Gasteiger partial charge in [0, 0.05) is 5.54 Å². The van der Waals surface area contributed by atoms with Crippen LogP contribution in [0, 0.1) is 17.7 Å². The second-order valence-electron chi connectivity index (χ2n) is 8.26. The largest absolute Gasteiger partial charge is 0.492 e. The Balaban J connectivity index is 0.000000167. The first-order chi connectivity index (χ1) is 13.5. The monoisotopic (exact) mass is 412 g/mol. The van der Waals surface area contributed by atoms with E-state index in [4.69, 9.17) is 21.1 Å². The smallest absolute Gasteiger partial charge is 0.172 e. The number of halogens is 2. The van der Waals surface area contributed by atoms with Gasteiger partial charge in [-0.25, -0.2) is 4.39 Å². The summed E-state index contributed by atoms with van der Waals surface area (Å²) >= 11 is 5.87. The highest BCUT2D eigenvalue weighted by atomic mass is 35.5. The maximum atomic E-state index is 12.8. The number of carbonyl (C=O) groups excluding carboxylic acids is 1. The Bertz CT molecular complexity index is 661. The zero-order chi connectivity index (χ0) is 20.0. The van der Waals surface area contributed by atoms with E-state index in [1.54, 1.807) is 6.07 Å². The summed E-state index contributed by atoms with van der Waals surface area (Å²) in [6.07, 6.45) is 4.55. The quantitative estimate of drug-likeness (QED) is 0.798. The predicted octanol–water partition coefficient (Wildman–Crippen LogP) is 3.20. The van der Waals surface area contributed by atoms with E-state index >= 15 is 0 Å². The third kappa shape index (κ3) is 6.14. The van der Waals surface area contributed by atoms with Crippen LogP contribution in [0.15, 0.2) is 18.2 Å². The fourth-order valence-corrected chi connectivity index (χ4v) is 4.35. The summed E-state index contributed by atoms with van der Waals surface area (Å²) in [5.41, 5.74) is 0.144. The minimum absolute atomic E-state index is 0.144. The summed E-state index contributed by atoms with van der Waals surface area (Å²) in [6.45, 7) is 6.49. The van der Waals surface area contributed by atoms with Crippen LogP contribution in [0.1, 0.15) is 32.6 Å². The lowest BCUT2D eigenvalue weighted by Crippen LogP contribution is -2.57. The molecule has 5 nitrogen and oxygen atoms in total. The number of hydrogen-bond donors (Lipinski definition) is 2. The molecule has 0 radical (unpaired) electrons. The Morgan fingerprint density at radius 1 is 1.32 bits per heavy atom. The third-order valence-electron chi connectivity index (χ3n) is 5.61. The standard InChI is InChI=1S/C12H15ClFNO.C9H15NO2/c13-11-7-10(14)1-2-12(11)16-8-9-3-5-15-6-4-9;1-7-2-9(3-7)6-12-5-8(11)4-10-9/h1-2,7,9,15H,3-6,8H2;7,10H,2-6H2,1H3. The molecule has 3 aliphatic rings. The van der Waals surface area contributed by atoms with Crippen LogP contribution < -0.4 is 15.4 Å². The molecule has 0 unspecified atom stereocenters. The minimum atomic E-state index is -0.334. The van der Waals surface area contributed by atoms with Gasteiger partial charge in [0.15, 0.2) is 5.78 Å². The van der Waals surface area contributed by atoms with Gasteiger partial charge in [-0.2, -0.15) is 0 Å². The van der Waals surface area contributed by atoms with E-state index in [9.17, 15) is 9.18 Å². The molecule has 2 saturated heterocycles. The van der Waals surface area contributed by atoms with Gasteiger partial charge in [0.05, 0.1) is 24.8 Å². The highest BCUT2D eigenvalue weighted by Gasteiger charge is 2.43. The summed E-state index contributed by atoms with van der Waals surface area (Å²) in [5, 5.41) is 6.94. The number of rotatable bonds is 3. The van der Waals surface area contributed by atoms with Crippen molar-refractivity contribution in [1.82, 2.24) is 10.6 Å². The first kappa shape index (κ1) is 21.5. The van der Waals surface area contributed by atoms with Crippen molar-refractivity contribution in [2.75, 3.05) is 39.5 Å². The van der Waals surface area contributed by atoms with E-state index in [2.05, 4.69) is 17.6 Å². The molecule has 1 aliphatic carbocycles. The van der Waals surface area contributed by atoms with E-state index in [1.807, 2.05) is 0 Å². The van der Waals surface area contributed by atoms with Crippen molar-refractivity contribution in [1.29, 1.82) is 0 Å². The molecule has 1 aromatic rings. The molecule has 2 aliphatic heterocycles. The number of benzene rings is 1. The number of ether oxygens (including phenoxy) is 2. The average molecular weight is 413 g/mol. The molecule has 2 heterocycles. The molecule has 0 bridgehead atoms. The van der Waals surface area contributed by atoms with Gasteiger partial charge in [0.2, 0.25) is 0 Å². The van der Waals surface area contributed by atoms with Crippen LogP contribution >= 0.6 is 11.6 Å². The van der Waals surface area contributed by atoms with E-state index in [0.29, 0.717) is 43.1 Å². The van der Waals surface area contributed by atoms with Crippen molar-refractivity contribution in [2.45, 2.75) is 38.1 Å². The van der Waals surface area contributed by atoms with Gasteiger partial charge in [0.1, 0.15) is 18.2 Å². The van der Waals surface area contributed by atoms with Gasteiger partial charge >= 0.3 is 0 Å². The van der Waals surface area contributed by atoms with Crippen LogP contribution in [-0.4, -0.2) is 50.8 Å². The predicted molar refractivity (Wildman–Crippen MR) is 107 cm³/mol. The fraction of sp³-hybridized carbons (Fsp3) is 0.667. The normalized spacial score (nSPS) is 28.1. The van der Waals surface area contributed by atoms with Crippen LogP contribution in [0.25, 0.3) is 0 Å². The van der Waals surface area contributed by atoms with Crippen molar-refractivity contribution in [2.24, 2.45) is 11.8 Å². The number of Topliss-reactive ketones (excluding diaryl/α,β-unsaturated/α-hetero) is 1. The minimum Gasteiger partial charge on any atom is -0.492 e. The molecule has 0 atom stereocenters. The Hall–Kier alpha value is -1.21. The van der Waals surface area contributed by atoms with Gasteiger partial charge in [-0.3, -0.25) is 4.79 Å². The van der Waals surface area contributed by atoms with Gasteiger partial charge in [-0.05, 0) is 68.8 Å². The van der Waals surface area contributed by atoms with Crippen molar-refractivity contribution < 1.29 is 18.7 Å². The molecule has 3 fully saturated rings. The topological polar surface area (TPSA) is 59.6 Å². The van der Waals surface area contributed by atoms with Crippen LogP contribution in [0.4, 0.5) is 4.39 Å². The first-order valence-corrected chi connectivity index (χ1v) is 10.5. The van der Waals surface area contributed by atoms with Crippen molar-refractivity contribution in [3.8, 4) is 5.75 Å². The van der Waals surface area contributed by atoms with Crippen LogP contribution in [0.2, 0.25) is 5.02 Å². The Morgan fingerprint density at radius 2 is 2.07 bits per heavy atom. The molecule has 4 rings (SSSR count). The summed E-state index contributed by atoms with van der Waals surface area (Å²) in [7, 11) is 0. The van der Waals surface area contributed by atoms with Crippen molar-refractivity contribution in [3.63, 3.8) is 0 Å². The molecule has 7 heteroatoms. The van der Waals surface area contributed by atoms with Crippen molar-refractivity contribution >= 4 is 17.4 Å². The van der Waals surface area contributed by atoms with Gasteiger partial charge in [0.25, 0.3) is 0 Å². The molecule has 1 spiro atoms. The van der Waals surface area contributed by atoms with Crippen LogP contribution in [-0.2, 0) is 9.53 Å². The summed E-state index contributed by atoms with van der Waals surface area (Å²) in [5.74, 6) is 1.77. The molecule has 1 aromatic carbocycles. The third-order valence-corrected chi connectivity index (χ3v) is 5.90. The SMILES string of the molecule is CC1CC2(COCC(=O)CN2)C1.Fc1ccc(OCC2CCNCC2)c(Cl)c1. The second kappa shape index (κ2) is 10.0.